The lowest BCUT2D eigenvalue weighted by atomic mass is 9.98. The summed E-state index contributed by atoms with van der Waals surface area (Å²) in [4.78, 5) is 13.1. The number of aromatic nitrogens is 4. The van der Waals surface area contributed by atoms with Gasteiger partial charge in [-0.05, 0) is 38.3 Å². The van der Waals surface area contributed by atoms with Crippen LogP contribution in [0.5, 0.6) is 6.01 Å². The average Bonchev–Trinajstić information content (AvgIpc) is 2.92. The van der Waals surface area contributed by atoms with Crippen molar-refractivity contribution in [2.24, 2.45) is 5.92 Å². The third kappa shape index (κ3) is 4.23. The van der Waals surface area contributed by atoms with Crippen molar-refractivity contribution >= 4 is 29.4 Å². The maximum atomic E-state index is 5.99. The number of fused-ring (bicyclic) bond motifs is 1. The smallest absolute Gasteiger partial charge is 0.320 e. The van der Waals surface area contributed by atoms with E-state index in [4.69, 9.17) is 10.5 Å². The van der Waals surface area contributed by atoms with Crippen LogP contribution in [0.25, 0.3) is 11.2 Å². The molecule has 7 nitrogen and oxygen atoms in total. The van der Waals surface area contributed by atoms with Crippen molar-refractivity contribution in [1.29, 1.82) is 0 Å². The first-order valence-electron chi connectivity index (χ1n) is 8.09. The molecule has 0 spiro atoms. The van der Waals surface area contributed by atoms with Gasteiger partial charge in [0.1, 0.15) is 0 Å². The van der Waals surface area contributed by atoms with Gasteiger partial charge in [0.25, 0.3) is 0 Å². The van der Waals surface area contributed by atoms with E-state index < -0.39 is 0 Å². The van der Waals surface area contributed by atoms with Crippen molar-refractivity contribution < 1.29 is 4.74 Å². The number of halogens is 1. The van der Waals surface area contributed by atoms with Gasteiger partial charge in [-0.25, -0.2) is 4.98 Å². The summed E-state index contributed by atoms with van der Waals surface area (Å²) in [5.74, 6) is 1.04. The number of anilines is 1. The highest BCUT2D eigenvalue weighted by molar-refractivity contribution is 5.85. The second-order valence-electron chi connectivity index (χ2n) is 5.86. The summed E-state index contributed by atoms with van der Waals surface area (Å²) in [5, 5.41) is 3.39. The van der Waals surface area contributed by atoms with E-state index in [-0.39, 0.29) is 12.4 Å². The van der Waals surface area contributed by atoms with Crippen molar-refractivity contribution in [3.63, 3.8) is 0 Å². The molecule has 0 amide bonds. The van der Waals surface area contributed by atoms with Gasteiger partial charge in [-0.1, -0.05) is 13.3 Å². The minimum atomic E-state index is 0. The van der Waals surface area contributed by atoms with Crippen LogP contribution < -0.4 is 15.8 Å². The van der Waals surface area contributed by atoms with Crippen LogP contribution in [0.2, 0.25) is 0 Å². The molecule has 3 heterocycles. The fourth-order valence-electron chi connectivity index (χ4n) is 2.79. The fourth-order valence-corrected chi connectivity index (χ4v) is 2.79. The Morgan fingerprint density at radius 3 is 2.87 bits per heavy atom. The van der Waals surface area contributed by atoms with Crippen LogP contribution in [-0.2, 0) is 6.54 Å². The lowest BCUT2D eigenvalue weighted by Crippen LogP contribution is -2.29. The van der Waals surface area contributed by atoms with Gasteiger partial charge in [0.2, 0.25) is 0 Å². The van der Waals surface area contributed by atoms with Crippen LogP contribution >= 0.6 is 12.4 Å². The highest BCUT2D eigenvalue weighted by Gasteiger charge is 2.17. The van der Waals surface area contributed by atoms with E-state index in [1.807, 2.05) is 6.33 Å². The number of nitrogens with zero attached hydrogens (tertiary/aromatic N) is 4. The predicted octanol–water partition coefficient (Wildman–Crippen LogP) is 2.01. The number of nitrogens with one attached hydrogen (secondary N) is 1. The zero-order valence-corrected chi connectivity index (χ0v) is 14.3. The number of hydrogen-bond donors (Lipinski definition) is 2. The van der Waals surface area contributed by atoms with E-state index in [1.165, 1.54) is 12.8 Å². The Morgan fingerprint density at radius 1 is 1.35 bits per heavy atom. The molecule has 1 aliphatic rings. The van der Waals surface area contributed by atoms with Crippen LogP contribution in [0.15, 0.2) is 6.33 Å². The van der Waals surface area contributed by atoms with E-state index in [2.05, 4.69) is 31.8 Å². The third-order valence-corrected chi connectivity index (χ3v) is 4.11. The highest BCUT2D eigenvalue weighted by Crippen LogP contribution is 2.22. The van der Waals surface area contributed by atoms with E-state index >= 15 is 0 Å². The molecule has 8 heteroatoms. The van der Waals surface area contributed by atoms with Crippen LogP contribution in [0.3, 0.4) is 0 Å². The normalized spacial score (nSPS) is 15.5. The third-order valence-electron chi connectivity index (χ3n) is 4.11. The Bertz CT molecular complexity index is 626. The number of imidazole rings is 1. The molecule has 1 aliphatic heterocycles. The fraction of sp³-hybridized carbons (Fsp3) is 0.667. The Balaban J connectivity index is 0.00000192. The molecule has 1 fully saturated rings. The number of nitrogens with two attached hydrogens (primary N) is 1. The Kier molecular flexibility index (Phi) is 6.41. The van der Waals surface area contributed by atoms with E-state index in [1.54, 1.807) is 0 Å². The van der Waals surface area contributed by atoms with Crippen molar-refractivity contribution in [3.05, 3.63) is 6.33 Å². The molecule has 0 unspecified atom stereocenters. The standard InChI is InChI=1S/C15H24N6O.ClH/c1-2-3-8-22-15-19-13(16)12-14(20-15)21(10-18-12)9-11-4-6-17-7-5-11;/h10-11,17H,2-9H2,1H3,(H2,16,19,20);1H. The van der Waals surface area contributed by atoms with Crippen molar-refractivity contribution in [2.45, 2.75) is 39.2 Å². The summed E-state index contributed by atoms with van der Waals surface area (Å²) in [6.07, 6.45) is 6.23. The molecular weight excluding hydrogens is 316 g/mol. The number of piperidine rings is 1. The molecule has 2 aromatic rings. The van der Waals surface area contributed by atoms with E-state index in [9.17, 15) is 0 Å². The van der Waals surface area contributed by atoms with Gasteiger partial charge >= 0.3 is 6.01 Å². The Morgan fingerprint density at radius 2 is 2.13 bits per heavy atom. The van der Waals surface area contributed by atoms with Crippen LogP contribution in [-0.4, -0.2) is 39.2 Å². The molecule has 0 atom stereocenters. The van der Waals surface area contributed by atoms with E-state index in [0.717, 1.165) is 38.1 Å². The van der Waals surface area contributed by atoms with Crippen LogP contribution in [0, 0.1) is 5.92 Å². The first-order chi connectivity index (χ1) is 10.8. The highest BCUT2D eigenvalue weighted by atomic mass is 35.5. The molecule has 1 saturated heterocycles. The van der Waals surface area contributed by atoms with Gasteiger partial charge in [0.05, 0.1) is 12.9 Å². The molecule has 0 aromatic carbocycles. The van der Waals surface area contributed by atoms with Crippen molar-refractivity contribution in [3.8, 4) is 6.01 Å². The summed E-state index contributed by atoms with van der Waals surface area (Å²) < 4.78 is 7.68. The molecule has 23 heavy (non-hydrogen) atoms. The molecule has 0 bridgehead atoms. The first kappa shape index (κ1) is 17.7. The molecule has 2 aromatic heterocycles. The second kappa shape index (κ2) is 8.31. The molecule has 0 aliphatic carbocycles. The lowest BCUT2D eigenvalue weighted by molar-refractivity contribution is 0.286. The van der Waals surface area contributed by atoms with Gasteiger partial charge in [0.15, 0.2) is 17.0 Å². The minimum Gasteiger partial charge on any atom is -0.463 e. The summed E-state index contributed by atoms with van der Waals surface area (Å²) >= 11 is 0. The minimum absolute atomic E-state index is 0. The van der Waals surface area contributed by atoms with Gasteiger partial charge < -0.3 is 20.4 Å². The van der Waals surface area contributed by atoms with E-state index in [0.29, 0.717) is 29.9 Å². The van der Waals surface area contributed by atoms with Crippen molar-refractivity contribution in [2.75, 3.05) is 25.4 Å². The maximum absolute atomic E-state index is 5.99. The van der Waals surface area contributed by atoms with Crippen molar-refractivity contribution in [1.82, 2.24) is 24.8 Å². The van der Waals surface area contributed by atoms with Crippen LogP contribution in [0.1, 0.15) is 32.6 Å². The number of rotatable bonds is 6. The molecule has 128 valence electrons. The van der Waals surface area contributed by atoms with Gasteiger partial charge in [-0.3, -0.25) is 0 Å². The lowest BCUT2D eigenvalue weighted by Gasteiger charge is -2.22. The second-order valence-corrected chi connectivity index (χ2v) is 5.86. The Labute approximate surface area is 142 Å². The number of hydrogen-bond acceptors (Lipinski definition) is 6. The monoisotopic (exact) mass is 340 g/mol. The first-order valence-corrected chi connectivity index (χ1v) is 8.09. The maximum Gasteiger partial charge on any atom is 0.320 e. The summed E-state index contributed by atoms with van der Waals surface area (Å²) in [6, 6.07) is 0.352. The van der Waals surface area contributed by atoms with Gasteiger partial charge in [0, 0.05) is 6.54 Å². The zero-order chi connectivity index (χ0) is 15.4. The summed E-state index contributed by atoms with van der Waals surface area (Å²) in [5.41, 5.74) is 7.43. The van der Waals surface area contributed by atoms with Gasteiger partial charge in [-0.15, -0.1) is 12.4 Å². The molecule has 0 radical (unpaired) electrons. The molecule has 3 N–H and O–H groups in total. The molecule has 3 rings (SSSR count). The molecular formula is C15H25ClN6O. The number of unbranched alkanes of at least 4 members (excludes halogenated alkanes) is 1. The number of ether oxygens (including phenoxy) is 1. The summed E-state index contributed by atoms with van der Waals surface area (Å²) in [6.45, 7) is 5.82. The zero-order valence-electron chi connectivity index (χ0n) is 13.5. The predicted molar refractivity (Wildman–Crippen MR) is 93.0 cm³/mol. The Hall–Kier alpha value is -1.60. The molecule has 0 saturated carbocycles. The summed E-state index contributed by atoms with van der Waals surface area (Å²) in [7, 11) is 0. The quantitative estimate of drug-likeness (QED) is 0.782. The largest absolute Gasteiger partial charge is 0.463 e. The van der Waals surface area contributed by atoms with Gasteiger partial charge in [-0.2, -0.15) is 9.97 Å². The van der Waals surface area contributed by atoms with Crippen LogP contribution in [0.4, 0.5) is 5.82 Å². The SMILES string of the molecule is CCCCOc1nc(N)c2ncn(CC3CCNCC3)c2n1.Cl. The number of nitrogen functional groups attached to an aromatic ring is 1. The average molecular weight is 341 g/mol. The topological polar surface area (TPSA) is 90.9 Å².